The zero-order chi connectivity index (χ0) is 11.0. The molecule has 0 amide bonds. The second kappa shape index (κ2) is 8.25. The van der Waals surface area contributed by atoms with Gasteiger partial charge in [0.1, 0.15) is 0 Å². The van der Waals surface area contributed by atoms with Crippen LogP contribution in [0, 0.1) is 5.92 Å². The van der Waals surface area contributed by atoms with Crippen molar-refractivity contribution in [1.82, 2.24) is 0 Å². The second-order valence-electron chi connectivity index (χ2n) is 4.10. The van der Waals surface area contributed by atoms with Crippen molar-refractivity contribution in [3.05, 3.63) is 0 Å². The first-order valence-corrected chi connectivity index (χ1v) is 5.87. The van der Waals surface area contributed by atoms with Gasteiger partial charge < -0.3 is 9.47 Å². The fraction of sp³-hybridized carbons (Fsp3) is 1.00. The lowest BCUT2D eigenvalue weighted by molar-refractivity contribution is -0.197. The van der Waals surface area contributed by atoms with E-state index in [4.69, 9.17) is 9.47 Å². The maximum Gasteiger partial charge on any atom is 0.155 e. The van der Waals surface area contributed by atoms with Crippen LogP contribution in [0.25, 0.3) is 0 Å². The zero-order valence-corrected chi connectivity index (χ0v) is 10.4. The first-order chi connectivity index (χ1) is 6.60. The molecule has 0 aliphatic carbocycles. The Bertz CT molecular complexity index is 113. The molecule has 0 saturated carbocycles. The first-order valence-electron chi connectivity index (χ1n) is 5.87. The average Bonchev–Trinajstić information content (AvgIpc) is 2.17. The summed E-state index contributed by atoms with van der Waals surface area (Å²) in [5.74, 6) is 0.935. The number of hydrogen-bond acceptors (Lipinski definition) is 2. The van der Waals surface area contributed by atoms with Gasteiger partial charge in [-0.15, -0.1) is 0 Å². The van der Waals surface area contributed by atoms with Gasteiger partial charge in [-0.25, -0.2) is 0 Å². The van der Waals surface area contributed by atoms with Crippen LogP contribution in [0.4, 0.5) is 0 Å². The fourth-order valence-corrected chi connectivity index (χ4v) is 1.12. The standard InChI is InChI=1S/C6H12O2.C6H14/c1-5-3-4-7-6(2)8-5;1-4-6(3)5-2/h5-6H,3-4H2,1-2H3;6H,4-5H2,1-3H3. The highest BCUT2D eigenvalue weighted by Gasteiger charge is 2.13. The quantitative estimate of drug-likeness (QED) is 0.681. The molecule has 0 aromatic carbocycles. The maximum absolute atomic E-state index is 5.26. The Kier molecular flexibility index (Phi) is 8.20. The summed E-state index contributed by atoms with van der Waals surface area (Å²) in [4.78, 5) is 0. The molecule has 0 aromatic rings. The van der Waals surface area contributed by atoms with E-state index in [0.29, 0.717) is 6.10 Å². The van der Waals surface area contributed by atoms with Crippen LogP contribution in [0.3, 0.4) is 0 Å². The molecule has 86 valence electrons. The molecule has 2 unspecified atom stereocenters. The van der Waals surface area contributed by atoms with E-state index in [0.717, 1.165) is 18.9 Å². The van der Waals surface area contributed by atoms with E-state index >= 15 is 0 Å². The van der Waals surface area contributed by atoms with Gasteiger partial charge in [0.2, 0.25) is 0 Å². The minimum absolute atomic E-state index is 0.0127. The highest BCUT2D eigenvalue weighted by molar-refractivity contribution is 4.54. The molecule has 1 saturated heterocycles. The number of ether oxygens (including phenoxy) is 2. The molecule has 0 aromatic heterocycles. The van der Waals surface area contributed by atoms with Crippen LogP contribution in [0.2, 0.25) is 0 Å². The normalized spacial score (nSPS) is 27.0. The fourth-order valence-electron chi connectivity index (χ4n) is 1.12. The Labute approximate surface area is 89.0 Å². The molecule has 1 fully saturated rings. The average molecular weight is 202 g/mol. The summed E-state index contributed by atoms with van der Waals surface area (Å²) in [6, 6.07) is 0. The molecule has 14 heavy (non-hydrogen) atoms. The Morgan fingerprint density at radius 1 is 1.21 bits per heavy atom. The third-order valence-electron chi connectivity index (χ3n) is 2.69. The Morgan fingerprint density at radius 2 is 1.79 bits per heavy atom. The van der Waals surface area contributed by atoms with Gasteiger partial charge in [-0.1, -0.05) is 33.6 Å². The molecule has 0 N–H and O–H groups in total. The molecule has 2 atom stereocenters. The Morgan fingerprint density at radius 3 is 2.00 bits per heavy atom. The zero-order valence-electron chi connectivity index (χ0n) is 10.4. The van der Waals surface area contributed by atoms with Gasteiger partial charge in [0.25, 0.3) is 0 Å². The van der Waals surface area contributed by atoms with Crippen molar-refractivity contribution in [2.75, 3.05) is 6.61 Å². The Hall–Kier alpha value is -0.0800. The first kappa shape index (κ1) is 13.9. The van der Waals surface area contributed by atoms with Gasteiger partial charge >= 0.3 is 0 Å². The largest absolute Gasteiger partial charge is 0.353 e. The van der Waals surface area contributed by atoms with Crippen LogP contribution in [0.5, 0.6) is 0 Å². The molecular weight excluding hydrogens is 176 g/mol. The van der Waals surface area contributed by atoms with Crippen molar-refractivity contribution in [2.45, 2.75) is 66.3 Å². The van der Waals surface area contributed by atoms with Gasteiger partial charge in [0.15, 0.2) is 6.29 Å². The van der Waals surface area contributed by atoms with Crippen LogP contribution in [-0.4, -0.2) is 19.0 Å². The van der Waals surface area contributed by atoms with Gasteiger partial charge in [0, 0.05) is 0 Å². The molecule has 0 bridgehead atoms. The van der Waals surface area contributed by atoms with Crippen LogP contribution < -0.4 is 0 Å². The molecule has 1 heterocycles. The molecule has 2 heteroatoms. The predicted molar refractivity (Wildman–Crippen MR) is 60.3 cm³/mol. The lowest BCUT2D eigenvalue weighted by Gasteiger charge is -2.24. The molecule has 2 nitrogen and oxygen atoms in total. The van der Waals surface area contributed by atoms with Gasteiger partial charge in [0.05, 0.1) is 12.7 Å². The summed E-state index contributed by atoms with van der Waals surface area (Å²) in [5, 5.41) is 0. The van der Waals surface area contributed by atoms with Gasteiger partial charge in [-0.05, 0) is 26.2 Å². The molecule has 1 rings (SSSR count). The summed E-state index contributed by atoms with van der Waals surface area (Å²) in [6.45, 7) is 11.6. The van der Waals surface area contributed by atoms with Gasteiger partial charge in [-0.3, -0.25) is 0 Å². The summed E-state index contributed by atoms with van der Waals surface area (Å²) in [6.07, 6.45) is 4.09. The van der Waals surface area contributed by atoms with Crippen LogP contribution >= 0.6 is 0 Å². The monoisotopic (exact) mass is 202 g/mol. The molecule has 0 spiro atoms. The van der Waals surface area contributed by atoms with E-state index in [9.17, 15) is 0 Å². The van der Waals surface area contributed by atoms with Crippen LogP contribution in [0.1, 0.15) is 53.9 Å². The predicted octanol–water partition coefficient (Wildman–Crippen LogP) is 3.60. The molecular formula is C12H26O2. The third-order valence-corrected chi connectivity index (χ3v) is 2.69. The van der Waals surface area contributed by atoms with Crippen molar-refractivity contribution in [3.63, 3.8) is 0 Å². The van der Waals surface area contributed by atoms with Crippen molar-refractivity contribution in [3.8, 4) is 0 Å². The van der Waals surface area contributed by atoms with E-state index < -0.39 is 0 Å². The topological polar surface area (TPSA) is 18.5 Å². The molecule has 1 aliphatic rings. The lowest BCUT2D eigenvalue weighted by Crippen LogP contribution is -2.27. The van der Waals surface area contributed by atoms with E-state index in [2.05, 4.69) is 27.7 Å². The third kappa shape index (κ3) is 7.34. The minimum Gasteiger partial charge on any atom is -0.353 e. The maximum atomic E-state index is 5.26. The summed E-state index contributed by atoms with van der Waals surface area (Å²) < 4.78 is 10.4. The number of rotatable bonds is 2. The van der Waals surface area contributed by atoms with E-state index in [-0.39, 0.29) is 6.29 Å². The molecule has 1 aliphatic heterocycles. The van der Waals surface area contributed by atoms with Gasteiger partial charge in [-0.2, -0.15) is 0 Å². The summed E-state index contributed by atoms with van der Waals surface area (Å²) >= 11 is 0. The van der Waals surface area contributed by atoms with Crippen molar-refractivity contribution in [2.24, 2.45) is 5.92 Å². The summed E-state index contributed by atoms with van der Waals surface area (Å²) in [7, 11) is 0. The van der Waals surface area contributed by atoms with E-state index in [1.54, 1.807) is 0 Å². The van der Waals surface area contributed by atoms with Crippen molar-refractivity contribution in [1.29, 1.82) is 0 Å². The van der Waals surface area contributed by atoms with Crippen LogP contribution in [0.15, 0.2) is 0 Å². The highest BCUT2D eigenvalue weighted by Crippen LogP contribution is 2.09. The highest BCUT2D eigenvalue weighted by atomic mass is 16.7. The van der Waals surface area contributed by atoms with Crippen molar-refractivity contribution < 1.29 is 9.47 Å². The van der Waals surface area contributed by atoms with Crippen LogP contribution in [-0.2, 0) is 9.47 Å². The van der Waals surface area contributed by atoms with Crippen molar-refractivity contribution >= 4 is 0 Å². The number of hydrogen-bond donors (Lipinski definition) is 0. The van der Waals surface area contributed by atoms with E-state index in [1.807, 2.05) is 6.92 Å². The second-order valence-corrected chi connectivity index (χ2v) is 4.10. The lowest BCUT2D eigenvalue weighted by atomic mass is 10.1. The molecule has 0 radical (unpaired) electrons. The van der Waals surface area contributed by atoms with E-state index in [1.165, 1.54) is 12.8 Å². The Balaban J connectivity index is 0.000000255. The SMILES string of the molecule is CC1CCOC(C)O1.CCC(C)CC. The minimum atomic E-state index is 0.0127. The summed E-state index contributed by atoms with van der Waals surface area (Å²) in [5.41, 5.74) is 0. The smallest absolute Gasteiger partial charge is 0.155 e.